The molecule has 146 valence electrons. The lowest BCUT2D eigenvalue weighted by molar-refractivity contribution is -0.112. The van der Waals surface area contributed by atoms with Crippen LogP contribution >= 0.6 is 0 Å². The summed E-state index contributed by atoms with van der Waals surface area (Å²) in [6, 6.07) is 8.17. The van der Waals surface area contributed by atoms with Crippen molar-refractivity contribution in [2.45, 2.75) is 77.9 Å². The molecule has 3 N–H and O–H groups in total. The highest BCUT2D eigenvalue weighted by molar-refractivity contribution is 6.07. The normalized spacial score (nSPS) is 19.2. The molecule has 1 aromatic rings. The van der Waals surface area contributed by atoms with Crippen molar-refractivity contribution < 1.29 is 4.79 Å². The van der Waals surface area contributed by atoms with E-state index in [4.69, 9.17) is 0 Å². The number of piperidine rings is 1. The Balaban J connectivity index is 2.12. The van der Waals surface area contributed by atoms with Crippen molar-refractivity contribution in [3.8, 4) is 6.07 Å². The molecular formula is C22H32N4O. The topological polar surface area (TPSA) is 77.0 Å². The van der Waals surface area contributed by atoms with Crippen LogP contribution in [0.5, 0.6) is 0 Å². The molecule has 27 heavy (non-hydrogen) atoms. The second-order valence-electron chi connectivity index (χ2n) is 8.75. The van der Waals surface area contributed by atoms with E-state index in [1.165, 1.54) is 0 Å². The molecule has 5 nitrogen and oxygen atoms in total. The average molecular weight is 369 g/mol. The fraction of sp³-hybridized carbons (Fsp3) is 0.545. The maximum absolute atomic E-state index is 12.6. The number of hydrogen-bond acceptors (Lipinski definition) is 4. The van der Waals surface area contributed by atoms with Gasteiger partial charge in [-0.1, -0.05) is 25.1 Å². The van der Waals surface area contributed by atoms with Gasteiger partial charge >= 0.3 is 0 Å². The van der Waals surface area contributed by atoms with E-state index in [0.29, 0.717) is 0 Å². The lowest BCUT2D eigenvalue weighted by Crippen LogP contribution is -2.61. The molecule has 0 atom stereocenters. The van der Waals surface area contributed by atoms with Gasteiger partial charge in [-0.2, -0.15) is 5.26 Å². The highest BCUT2D eigenvalue weighted by Crippen LogP contribution is 2.28. The van der Waals surface area contributed by atoms with Gasteiger partial charge in [0.15, 0.2) is 0 Å². The van der Waals surface area contributed by atoms with E-state index >= 15 is 0 Å². The fourth-order valence-electron chi connectivity index (χ4n) is 4.17. The van der Waals surface area contributed by atoms with Gasteiger partial charge < -0.3 is 16.0 Å². The number of carbonyl (C=O) groups excluding carboxylic acids is 1. The SMILES string of the molecule is CCc1cccc(C)c1NC(=O)/C(C#N)=C\NC1CC(C)(C)NC(C)(C)C1. The van der Waals surface area contributed by atoms with Gasteiger partial charge in [0.05, 0.1) is 0 Å². The van der Waals surface area contributed by atoms with Crippen LogP contribution in [-0.2, 0) is 11.2 Å². The quantitative estimate of drug-likeness (QED) is 0.546. The summed E-state index contributed by atoms with van der Waals surface area (Å²) >= 11 is 0. The van der Waals surface area contributed by atoms with Crippen LogP contribution in [-0.4, -0.2) is 23.0 Å². The molecule has 0 radical (unpaired) electrons. The zero-order chi connectivity index (χ0) is 20.2. The van der Waals surface area contributed by atoms with Gasteiger partial charge in [0.25, 0.3) is 5.91 Å². The Hall–Kier alpha value is -2.32. The third-order valence-corrected chi connectivity index (χ3v) is 5.00. The Labute approximate surface area is 163 Å². The Morgan fingerprint density at radius 1 is 1.30 bits per heavy atom. The molecule has 1 heterocycles. The van der Waals surface area contributed by atoms with Gasteiger partial charge in [0.1, 0.15) is 11.6 Å². The van der Waals surface area contributed by atoms with E-state index in [2.05, 4.69) is 43.6 Å². The smallest absolute Gasteiger partial charge is 0.267 e. The maximum atomic E-state index is 12.6. The number of benzene rings is 1. The van der Waals surface area contributed by atoms with Crippen LogP contribution in [0, 0.1) is 18.3 Å². The van der Waals surface area contributed by atoms with Crippen LogP contribution in [0.1, 0.15) is 58.6 Å². The van der Waals surface area contributed by atoms with Crippen molar-refractivity contribution in [2.24, 2.45) is 0 Å². The second kappa shape index (κ2) is 8.14. The van der Waals surface area contributed by atoms with Gasteiger partial charge in [-0.15, -0.1) is 0 Å². The van der Waals surface area contributed by atoms with Crippen LogP contribution in [0.3, 0.4) is 0 Å². The van der Waals surface area contributed by atoms with Crippen LogP contribution in [0.25, 0.3) is 0 Å². The van der Waals surface area contributed by atoms with E-state index in [-0.39, 0.29) is 28.6 Å². The number of nitriles is 1. The summed E-state index contributed by atoms with van der Waals surface area (Å²) in [5.74, 6) is -0.374. The number of carbonyl (C=O) groups is 1. The van der Waals surface area contributed by atoms with Crippen LogP contribution in [0.4, 0.5) is 5.69 Å². The van der Waals surface area contributed by atoms with Crippen molar-refractivity contribution in [2.75, 3.05) is 5.32 Å². The number of nitrogens with zero attached hydrogens (tertiary/aromatic N) is 1. The van der Waals surface area contributed by atoms with E-state index in [9.17, 15) is 10.1 Å². The van der Waals surface area contributed by atoms with Crippen LogP contribution in [0.15, 0.2) is 30.0 Å². The predicted molar refractivity (Wildman–Crippen MR) is 110 cm³/mol. The number of rotatable bonds is 5. The first-order valence-electron chi connectivity index (χ1n) is 9.62. The lowest BCUT2D eigenvalue weighted by atomic mass is 9.80. The lowest BCUT2D eigenvalue weighted by Gasteiger charge is -2.46. The molecule has 1 aromatic carbocycles. The predicted octanol–water partition coefficient (Wildman–Crippen LogP) is 3.80. The molecule has 1 fully saturated rings. The summed E-state index contributed by atoms with van der Waals surface area (Å²) in [5.41, 5.74) is 2.95. The molecule has 0 aromatic heterocycles. The molecule has 0 spiro atoms. The first-order chi connectivity index (χ1) is 12.6. The Kier molecular flexibility index (Phi) is 6.33. The first-order valence-corrected chi connectivity index (χ1v) is 9.62. The average Bonchev–Trinajstić information content (AvgIpc) is 2.54. The highest BCUT2D eigenvalue weighted by atomic mass is 16.1. The fourth-order valence-corrected chi connectivity index (χ4v) is 4.17. The molecule has 1 saturated heterocycles. The Morgan fingerprint density at radius 3 is 2.48 bits per heavy atom. The number of aryl methyl sites for hydroxylation is 2. The number of hydrogen-bond donors (Lipinski definition) is 3. The van der Waals surface area contributed by atoms with Crippen molar-refractivity contribution in [3.63, 3.8) is 0 Å². The summed E-state index contributed by atoms with van der Waals surface area (Å²) < 4.78 is 0. The third kappa shape index (κ3) is 5.58. The molecule has 5 heteroatoms. The van der Waals surface area contributed by atoms with Crippen molar-refractivity contribution in [1.82, 2.24) is 10.6 Å². The van der Waals surface area contributed by atoms with Crippen LogP contribution < -0.4 is 16.0 Å². The largest absolute Gasteiger partial charge is 0.387 e. The molecule has 0 saturated carbocycles. The van der Waals surface area contributed by atoms with Crippen molar-refractivity contribution in [1.29, 1.82) is 5.26 Å². The van der Waals surface area contributed by atoms with Crippen molar-refractivity contribution in [3.05, 3.63) is 41.1 Å². The molecule has 1 aliphatic rings. The Bertz CT molecular complexity index is 755. The minimum Gasteiger partial charge on any atom is -0.387 e. The zero-order valence-corrected chi connectivity index (χ0v) is 17.4. The molecule has 0 unspecified atom stereocenters. The second-order valence-corrected chi connectivity index (χ2v) is 8.75. The van der Waals surface area contributed by atoms with Gasteiger partial charge in [-0.05, 0) is 65.0 Å². The van der Waals surface area contributed by atoms with Gasteiger partial charge in [0.2, 0.25) is 0 Å². The summed E-state index contributed by atoms with van der Waals surface area (Å²) in [5, 5.41) is 19.3. The minimum atomic E-state index is -0.374. The summed E-state index contributed by atoms with van der Waals surface area (Å²) in [7, 11) is 0. The summed E-state index contributed by atoms with van der Waals surface area (Å²) in [6.45, 7) is 12.7. The monoisotopic (exact) mass is 368 g/mol. The van der Waals surface area contributed by atoms with Gasteiger partial charge in [-0.25, -0.2) is 0 Å². The number of para-hydroxylation sites is 1. The molecule has 0 aliphatic carbocycles. The minimum absolute atomic E-state index is 0.000496. The number of nitrogens with one attached hydrogen (secondary N) is 3. The maximum Gasteiger partial charge on any atom is 0.267 e. The van der Waals surface area contributed by atoms with E-state index in [1.54, 1.807) is 6.20 Å². The van der Waals surface area contributed by atoms with Gasteiger partial charge in [-0.3, -0.25) is 4.79 Å². The molecular weight excluding hydrogens is 336 g/mol. The molecule has 1 aliphatic heterocycles. The summed E-state index contributed by atoms with van der Waals surface area (Å²) in [4.78, 5) is 12.6. The van der Waals surface area contributed by atoms with Crippen molar-refractivity contribution >= 4 is 11.6 Å². The Morgan fingerprint density at radius 2 is 1.93 bits per heavy atom. The molecule has 2 rings (SSSR count). The number of amides is 1. The standard InChI is InChI=1S/C22H32N4O/c1-7-16-10-8-9-15(2)19(16)25-20(27)17(13-23)14-24-18-11-21(3,4)26-22(5,6)12-18/h8-10,14,18,24,26H,7,11-12H2,1-6H3,(H,25,27)/b17-14-. The third-order valence-electron chi connectivity index (χ3n) is 5.00. The van der Waals surface area contributed by atoms with E-state index in [1.807, 2.05) is 38.1 Å². The van der Waals surface area contributed by atoms with E-state index in [0.717, 1.165) is 36.1 Å². The molecule has 0 bridgehead atoms. The molecule has 1 amide bonds. The van der Waals surface area contributed by atoms with Crippen LogP contribution in [0.2, 0.25) is 0 Å². The van der Waals surface area contributed by atoms with Gasteiger partial charge in [0, 0.05) is 29.0 Å². The number of anilines is 1. The van der Waals surface area contributed by atoms with E-state index < -0.39 is 0 Å². The first kappa shape index (κ1) is 21.0. The highest BCUT2D eigenvalue weighted by Gasteiger charge is 2.37. The zero-order valence-electron chi connectivity index (χ0n) is 17.4. The summed E-state index contributed by atoms with van der Waals surface area (Å²) in [6.07, 6.45) is 4.23.